The maximum Gasteiger partial charge on any atom is 0.337 e. The lowest BCUT2D eigenvalue weighted by molar-refractivity contribution is -0.433. The van der Waals surface area contributed by atoms with Crippen LogP contribution in [0.2, 0.25) is 0 Å². The Labute approximate surface area is 326 Å². The van der Waals surface area contributed by atoms with Gasteiger partial charge in [-0.15, -0.1) is 0 Å². The van der Waals surface area contributed by atoms with Crippen LogP contribution in [-0.4, -0.2) is 42.2 Å². The van der Waals surface area contributed by atoms with E-state index in [0.29, 0.717) is 5.56 Å². The molecule has 0 atom stereocenters. The number of carbonyl (C=O) groups is 2. The summed E-state index contributed by atoms with van der Waals surface area (Å²) in [6, 6.07) is 33.3. The monoisotopic (exact) mass is 730 g/mol. The number of hydrogen-bond donors (Lipinski definition) is 0. The van der Waals surface area contributed by atoms with E-state index in [1.807, 2.05) is 18.2 Å². The summed E-state index contributed by atoms with van der Waals surface area (Å²) in [5.41, 5.74) is 13.6. The minimum Gasteiger partial charge on any atom is -0.465 e. The van der Waals surface area contributed by atoms with Crippen LogP contribution in [0.5, 0.6) is 0 Å². The smallest absolute Gasteiger partial charge is 0.337 e. The topological polar surface area (TPSA) is 52.9 Å². The Morgan fingerprint density at radius 2 is 1.42 bits per heavy atom. The zero-order valence-corrected chi connectivity index (χ0v) is 33.4. The summed E-state index contributed by atoms with van der Waals surface area (Å²) >= 11 is 0. The quantitative estimate of drug-likeness (QED) is 0.0924. The number of methoxy groups -OCH3 is 1. The number of ether oxygens (including phenoxy) is 1. The number of Topliss-reactive ketones (excluding diaryl/α,β-unsaturated/α-hetero) is 1. The van der Waals surface area contributed by atoms with Crippen LogP contribution in [0.4, 0.5) is 22.7 Å². The minimum atomic E-state index is -0.332. The first-order valence-electron chi connectivity index (χ1n) is 19.5. The molecule has 6 heteroatoms. The van der Waals surface area contributed by atoms with E-state index in [9.17, 15) is 9.59 Å². The van der Waals surface area contributed by atoms with Crippen molar-refractivity contribution in [2.24, 2.45) is 0 Å². The Morgan fingerprint density at radius 1 is 0.782 bits per heavy atom. The molecule has 0 spiro atoms. The van der Waals surface area contributed by atoms with Crippen LogP contribution in [0.15, 0.2) is 144 Å². The van der Waals surface area contributed by atoms with Crippen molar-refractivity contribution >= 4 is 40.2 Å². The number of carbonyl (C=O) groups excluding carboxylic acids is 2. The average molecular weight is 731 g/mol. The largest absolute Gasteiger partial charge is 0.465 e. The Bertz CT molecular complexity index is 2280. The van der Waals surface area contributed by atoms with Crippen LogP contribution in [0.1, 0.15) is 93.2 Å². The molecular weight excluding hydrogens is 679 g/mol. The molecule has 4 aromatic rings. The molecule has 0 amide bonds. The number of likely N-dealkylation sites (N-methyl/N-ethyl adjacent to an activating group) is 1. The van der Waals surface area contributed by atoms with Gasteiger partial charge in [0.1, 0.15) is 6.54 Å². The highest BCUT2D eigenvalue weighted by Crippen LogP contribution is 2.49. The van der Waals surface area contributed by atoms with Gasteiger partial charge >= 0.3 is 5.97 Å². The fourth-order valence-corrected chi connectivity index (χ4v) is 8.74. The van der Waals surface area contributed by atoms with Crippen molar-refractivity contribution in [1.29, 1.82) is 0 Å². The lowest BCUT2D eigenvalue weighted by atomic mass is 9.80. The lowest BCUT2D eigenvalue weighted by Gasteiger charge is -2.29. The second-order valence-corrected chi connectivity index (χ2v) is 15.6. The predicted octanol–water partition coefficient (Wildman–Crippen LogP) is 11.1. The van der Waals surface area contributed by atoms with Gasteiger partial charge in [0.25, 0.3) is 0 Å². The Balaban J connectivity index is 1.38. The van der Waals surface area contributed by atoms with Gasteiger partial charge in [-0.3, -0.25) is 4.79 Å². The highest BCUT2D eigenvalue weighted by atomic mass is 16.5. The fraction of sp³-hybridized carbons (Fsp3) is 0.286. The van der Waals surface area contributed by atoms with Gasteiger partial charge in [-0.25, -0.2) is 4.79 Å². The number of nitrogens with zero attached hydrogens (tertiary/aromatic N) is 3. The number of esters is 1. The van der Waals surface area contributed by atoms with Gasteiger partial charge in [-0.1, -0.05) is 62.4 Å². The Kier molecular flexibility index (Phi) is 10.1. The number of anilines is 3. The predicted molar refractivity (Wildman–Crippen MR) is 225 cm³/mol. The van der Waals surface area contributed by atoms with Crippen molar-refractivity contribution in [3.05, 3.63) is 166 Å². The van der Waals surface area contributed by atoms with Crippen LogP contribution in [-0.2, 0) is 15.6 Å². The molecule has 280 valence electrons. The van der Waals surface area contributed by atoms with Crippen molar-refractivity contribution in [2.75, 3.05) is 30.0 Å². The van der Waals surface area contributed by atoms with E-state index in [-0.39, 0.29) is 22.6 Å². The summed E-state index contributed by atoms with van der Waals surface area (Å²) in [5.74, 6) is -0.240. The molecule has 4 aromatic carbocycles. The molecule has 0 saturated carbocycles. The summed E-state index contributed by atoms with van der Waals surface area (Å²) in [7, 11) is 1.43. The van der Waals surface area contributed by atoms with Crippen molar-refractivity contribution in [2.45, 2.75) is 72.1 Å². The molecule has 7 rings (SSSR count). The van der Waals surface area contributed by atoms with E-state index >= 15 is 0 Å². The summed E-state index contributed by atoms with van der Waals surface area (Å²) in [4.78, 5) is 29.7. The maximum absolute atomic E-state index is 12.5. The van der Waals surface area contributed by atoms with Crippen LogP contribution in [0, 0.1) is 0 Å². The second kappa shape index (κ2) is 14.8. The third-order valence-corrected chi connectivity index (χ3v) is 11.7. The number of ketones is 1. The third-order valence-electron chi connectivity index (χ3n) is 11.7. The van der Waals surface area contributed by atoms with Crippen LogP contribution < -0.4 is 9.80 Å². The van der Waals surface area contributed by atoms with Crippen LogP contribution in [0.25, 0.3) is 0 Å². The number of benzene rings is 4. The van der Waals surface area contributed by atoms with Gasteiger partial charge in [0, 0.05) is 58.0 Å². The average Bonchev–Trinajstić information content (AvgIpc) is 3.76. The van der Waals surface area contributed by atoms with E-state index in [4.69, 9.17) is 4.74 Å². The molecule has 55 heavy (non-hydrogen) atoms. The Morgan fingerprint density at radius 3 is 2.02 bits per heavy atom. The van der Waals surface area contributed by atoms with Gasteiger partial charge in [0.2, 0.25) is 5.69 Å². The number of fused-ring (bicyclic) bond motifs is 2. The molecule has 3 aliphatic rings. The molecule has 2 aliphatic heterocycles. The van der Waals surface area contributed by atoms with Gasteiger partial charge in [0.05, 0.1) is 23.8 Å². The molecule has 0 unspecified atom stereocenters. The highest BCUT2D eigenvalue weighted by Gasteiger charge is 2.44. The molecule has 6 nitrogen and oxygen atoms in total. The number of hydrogen-bond acceptors (Lipinski definition) is 5. The van der Waals surface area contributed by atoms with Gasteiger partial charge in [0.15, 0.2) is 11.5 Å². The molecule has 0 saturated heterocycles. The van der Waals surface area contributed by atoms with Gasteiger partial charge in [-0.2, -0.15) is 4.58 Å². The first-order valence-corrected chi connectivity index (χ1v) is 19.5. The van der Waals surface area contributed by atoms with Crippen molar-refractivity contribution < 1.29 is 18.9 Å². The summed E-state index contributed by atoms with van der Waals surface area (Å²) in [5, 5.41) is 0. The normalized spacial score (nSPS) is 18.4. The number of allylic oxidation sites excluding steroid dienone is 7. The zero-order valence-electron chi connectivity index (χ0n) is 33.4. The molecular formula is C49H52N3O3+. The second-order valence-electron chi connectivity index (χ2n) is 15.6. The van der Waals surface area contributed by atoms with E-state index in [1.54, 1.807) is 6.92 Å². The summed E-state index contributed by atoms with van der Waals surface area (Å²) < 4.78 is 7.47. The van der Waals surface area contributed by atoms with Crippen molar-refractivity contribution in [1.82, 2.24) is 0 Å². The van der Waals surface area contributed by atoms with E-state index in [0.717, 1.165) is 54.1 Å². The standard InChI is InChI=1S/C49H52N3O3/c1-9-50-42-27-23-36(33(3)53)31-40(42)48(4,5)44(50)29-25-34-21-22-35(46(34)52(38-17-13-11-14-18-38)39-19-15-12-16-20-39)26-30-45-49(6,7)41-32-37(47(54)55-8)24-28-43(41)51(45)10-2/h11-20,23-32H,9-10,21-22H2,1-8H3/q+1. The van der Waals surface area contributed by atoms with Crippen molar-refractivity contribution in [3.8, 4) is 0 Å². The minimum absolute atomic E-state index is 0.0838. The zero-order chi connectivity index (χ0) is 39.1. The van der Waals surface area contributed by atoms with E-state index < -0.39 is 0 Å². The number of rotatable bonds is 10. The van der Waals surface area contributed by atoms with E-state index in [1.165, 1.54) is 46.6 Å². The van der Waals surface area contributed by atoms with Gasteiger partial charge in [-0.05, 0) is 125 Å². The van der Waals surface area contributed by atoms with Crippen LogP contribution >= 0.6 is 0 Å². The number of para-hydroxylation sites is 2. The Hall–Kier alpha value is -5.75. The molecule has 0 radical (unpaired) electrons. The fourth-order valence-electron chi connectivity index (χ4n) is 8.74. The first-order chi connectivity index (χ1) is 26.4. The molecule has 0 N–H and O–H groups in total. The lowest BCUT2D eigenvalue weighted by Crippen LogP contribution is -2.27. The molecule has 0 aromatic heterocycles. The molecule has 0 bridgehead atoms. The third kappa shape index (κ3) is 6.58. The molecule has 0 fully saturated rings. The van der Waals surface area contributed by atoms with E-state index in [2.05, 4.69) is 159 Å². The first kappa shape index (κ1) is 37.6. The van der Waals surface area contributed by atoms with Gasteiger partial charge < -0.3 is 14.5 Å². The summed E-state index contributed by atoms with van der Waals surface area (Å²) in [6.07, 6.45) is 11.1. The van der Waals surface area contributed by atoms with Crippen LogP contribution in [0.3, 0.4) is 0 Å². The highest BCUT2D eigenvalue weighted by molar-refractivity contribution is 6.04. The SMILES string of the molecule is CCN1/C(=C/C=C2\CCC(/C=C/C3=[N+](CC)c4ccc(C(C)=O)cc4C3(C)C)=C2N(c2ccccc2)c2ccccc2)C(C)(C)c2cc(C(=O)OC)ccc21. The van der Waals surface area contributed by atoms with Crippen molar-refractivity contribution in [3.63, 3.8) is 0 Å². The molecule has 1 aliphatic carbocycles. The maximum atomic E-state index is 12.5. The summed E-state index contributed by atoms with van der Waals surface area (Å²) in [6.45, 7) is 16.7. The molecule has 2 heterocycles.